The number of rotatable bonds is 3. The maximum Gasteiger partial charge on any atom is 0.180 e. The van der Waals surface area contributed by atoms with Crippen molar-refractivity contribution < 1.29 is 9.47 Å². The monoisotopic (exact) mass is 216 g/mol. The molecule has 0 aromatic heterocycles. The van der Waals surface area contributed by atoms with E-state index in [4.69, 9.17) is 10.8 Å². The molecule has 0 spiro atoms. The fourth-order valence-electron chi connectivity index (χ4n) is 0.431. The van der Waals surface area contributed by atoms with Crippen molar-refractivity contribution in [2.75, 3.05) is 14.2 Å². The Bertz CT molecular complexity index is 126. The van der Waals surface area contributed by atoms with Crippen molar-refractivity contribution in [3.8, 4) is 0 Å². The van der Waals surface area contributed by atoms with Gasteiger partial charge in [-0.3, -0.25) is 10.8 Å². The van der Waals surface area contributed by atoms with E-state index >= 15 is 0 Å². The summed E-state index contributed by atoms with van der Waals surface area (Å²) in [7, 11) is 2.89. The minimum atomic E-state index is 0. The van der Waals surface area contributed by atoms with Crippen LogP contribution in [0.25, 0.3) is 0 Å². The summed E-state index contributed by atoms with van der Waals surface area (Å²) in [6.45, 7) is 0. The van der Waals surface area contributed by atoms with Gasteiger partial charge in [-0.15, -0.1) is 24.8 Å². The van der Waals surface area contributed by atoms with E-state index < -0.39 is 0 Å². The molecule has 74 valence electrons. The average molecular weight is 217 g/mol. The molecule has 0 aromatic carbocycles. The van der Waals surface area contributed by atoms with Crippen molar-refractivity contribution in [2.45, 2.75) is 12.8 Å². The van der Waals surface area contributed by atoms with E-state index in [-0.39, 0.29) is 36.6 Å². The predicted molar refractivity (Wildman–Crippen MR) is 53.2 cm³/mol. The number of ether oxygens (including phenoxy) is 2. The number of nitrogens with one attached hydrogen (secondary N) is 2. The maximum atomic E-state index is 7.03. The second-order valence-corrected chi connectivity index (χ2v) is 1.75. The highest BCUT2D eigenvalue weighted by Crippen LogP contribution is 1.93. The van der Waals surface area contributed by atoms with Crippen molar-refractivity contribution in [1.82, 2.24) is 0 Å². The summed E-state index contributed by atoms with van der Waals surface area (Å²) in [6.07, 6.45) is 0.867. The van der Waals surface area contributed by atoms with Crippen LogP contribution in [-0.4, -0.2) is 26.0 Å². The van der Waals surface area contributed by atoms with Crippen LogP contribution in [0.1, 0.15) is 12.8 Å². The van der Waals surface area contributed by atoms with Crippen molar-refractivity contribution in [1.29, 1.82) is 10.8 Å². The minimum Gasteiger partial charge on any atom is -0.484 e. The summed E-state index contributed by atoms with van der Waals surface area (Å²) in [5, 5.41) is 14.1. The minimum absolute atomic E-state index is 0. The molecule has 0 aromatic rings. The Kier molecular flexibility index (Phi) is 15.4. The van der Waals surface area contributed by atoms with E-state index in [1.54, 1.807) is 0 Å². The fraction of sp³-hybridized carbons (Fsp3) is 0.667. The Balaban J connectivity index is -0.000000405. The van der Waals surface area contributed by atoms with Gasteiger partial charge in [0.15, 0.2) is 11.8 Å². The van der Waals surface area contributed by atoms with Crippen LogP contribution in [0.15, 0.2) is 0 Å². The van der Waals surface area contributed by atoms with E-state index in [1.807, 2.05) is 0 Å². The van der Waals surface area contributed by atoms with Gasteiger partial charge >= 0.3 is 0 Å². The van der Waals surface area contributed by atoms with Crippen LogP contribution in [-0.2, 0) is 9.47 Å². The molecule has 0 aliphatic carbocycles. The third kappa shape index (κ3) is 9.52. The quantitative estimate of drug-likeness (QED) is 0.559. The van der Waals surface area contributed by atoms with Gasteiger partial charge in [-0.25, -0.2) is 0 Å². The number of hydrogen-bond acceptors (Lipinski definition) is 4. The SMILES string of the molecule is COC(=N)CCC(=N)OC.Cl.Cl. The zero-order valence-corrected chi connectivity index (χ0v) is 8.68. The normalized spacial score (nSPS) is 7.17. The van der Waals surface area contributed by atoms with E-state index in [9.17, 15) is 0 Å². The molecule has 0 saturated heterocycles. The molecule has 2 N–H and O–H groups in total. The highest BCUT2D eigenvalue weighted by Gasteiger charge is 1.98. The Labute approximate surface area is 84.5 Å². The largest absolute Gasteiger partial charge is 0.484 e. The first-order valence-electron chi connectivity index (χ1n) is 2.93. The Morgan fingerprint density at radius 3 is 1.33 bits per heavy atom. The van der Waals surface area contributed by atoms with Crippen LogP contribution in [0.4, 0.5) is 0 Å². The molecule has 0 unspecified atom stereocenters. The fourth-order valence-corrected chi connectivity index (χ4v) is 0.431. The van der Waals surface area contributed by atoms with Crippen molar-refractivity contribution in [2.24, 2.45) is 0 Å². The molecule has 0 saturated carbocycles. The number of hydrogen-bond donors (Lipinski definition) is 2. The summed E-state index contributed by atoms with van der Waals surface area (Å²) < 4.78 is 9.15. The molecule has 0 aliphatic heterocycles. The van der Waals surface area contributed by atoms with E-state index in [2.05, 4.69) is 9.47 Å². The predicted octanol–water partition coefficient (Wildman–Crippen LogP) is 1.86. The molecule has 6 heteroatoms. The second kappa shape index (κ2) is 10.5. The number of methoxy groups -OCH3 is 2. The Hall–Kier alpha value is -0.480. The van der Waals surface area contributed by atoms with Crippen molar-refractivity contribution in [3.63, 3.8) is 0 Å². The molecule has 4 nitrogen and oxygen atoms in total. The average Bonchev–Trinajstić information content (AvgIpc) is 1.99. The van der Waals surface area contributed by atoms with E-state index in [1.165, 1.54) is 14.2 Å². The molecule has 0 bridgehead atoms. The standard InChI is InChI=1S/C6H12N2O2.2ClH/c1-9-5(7)3-4-6(8)10-2;;/h7-8H,3-4H2,1-2H3;2*1H. The van der Waals surface area contributed by atoms with Gasteiger partial charge in [-0.2, -0.15) is 0 Å². The highest BCUT2D eigenvalue weighted by molar-refractivity contribution is 5.85. The molecule has 0 atom stereocenters. The van der Waals surface area contributed by atoms with Crippen molar-refractivity contribution in [3.05, 3.63) is 0 Å². The van der Waals surface area contributed by atoms with Crippen LogP contribution in [0, 0.1) is 10.8 Å². The lowest BCUT2D eigenvalue weighted by Gasteiger charge is -2.01. The van der Waals surface area contributed by atoms with Crippen LogP contribution in [0.2, 0.25) is 0 Å². The van der Waals surface area contributed by atoms with Gasteiger partial charge < -0.3 is 9.47 Å². The molecule has 0 radical (unpaired) electrons. The van der Waals surface area contributed by atoms with E-state index in [0.717, 1.165) is 0 Å². The van der Waals surface area contributed by atoms with Gasteiger partial charge in [0, 0.05) is 12.8 Å². The Morgan fingerprint density at radius 2 is 1.17 bits per heavy atom. The van der Waals surface area contributed by atoms with Crippen molar-refractivity contribution >= 4 is 36.6 Å². The zero-order valence-electron chi connectivity index (χ0n) is 7.05. The molecular formula is C6H14Cl2N2O2. The lowest BCUT2D eigenvalue weighted by atomic mass is 10.3. The van der Waals surface area contributed by atoms with E-state index in [0.29, 0.717) is 12.8 Å². The topological polar surface area (TPSA) is 66.2 Å². The van der Waals surface area contributed by atoms with Gasteiger partial charge in [0.2, 0.25) is 0 Å². The van der Waals surface area contributed by atoms with Gasteiger partial charge in [0.25, 0.3) is 0 Å². The third-order valence-corrected chi connectivity index (χ3v) is 1.07. The molecule has 0 fully saturated rings. The summed E-state index contributed by atoms with van der Waals surface area (Å²) in [6, 6.07) is 0. The highest BCUT2D eigenvalue weighted by atomic mass is 35.5. The van der Waals surface area contributed by atoms with Crippen LogP contribution in [0.3, 0.4) is 0 Å². The first kappa shape index (κ1) is 17.6. The Morgan fingerprint density at radius 1 is 0.917 bits per heavy atom. The summed E-state index contributed by atoms with van der Waals surface area (Å²) >= 11 is 0. The maximum absolute atomic E-state index is 7.03. The molecule has 0 rings (SSSR count). The first-order valence-corrected chi connectivity index (χ1v) is 2.93. The first-order chi connectivity index (χ1) is 4.70. The van der Waals surface area contributed by atoms with Crippen LogP contribution >= 0.6 is 24.8 Å². The molecule has 0 amide bonds. The lowest BCUT2D eigenvalue weighted by Crippen LogP contribution is -2.05. The lowest BCUT2D eigenvalue weighted by molar-refractivity contribution is 0.371. The van der Waals surface area contributed by atoms with Crippen LogP contribution < -0.4 is 0 Å². The van der Waals surface area contributed by atoms with Gasteiger partial charge in [-0.1, -0.05) is 0 Å². The summed E-state index contributed by atoms with van der Waals surface area (Å²) in [4.78, 5) is 0. The molecule has 0 heterocycles. The smallest absolute Gasteiger partial charge is 0.180 e. The molecule has 12 heavy (non-hydrogen) atoms. The third-order valence-electron chi connectivity index (χ3n) is 1.07. The van der Waals surface area contributed by atoms with Gasteiger partial charge in [-0.05, 0) is 0 Å². The number of halogens is 2. The zero-order chi connectivity index (χ0) is 7.98. The second-order valence-electron chi connectivity index (χ2n) is 1.75. The summed E-state index contributed by atoms with van der Waals surface area (Å²) in [5.74, 6) is 0.364. The van der Waals surface area contributed by atoms with Crippen LogP contribution in [0.5, 0.6) is 0 Å². The molecular weight excluding hydrogens is 203 g/mol. The summed E-state index contributed by atoms with van der Waals surface area (Å²) in [5.41, 5.74) is 0. The van der Waals surface area contributed by atoms with Gasteiger partial charge in [0.05, 0.1) is 14.2 Å². The van der Waals surface area contributed by atoms with Gasteiger partial charge in [0.1, 0.15) is 0 Å². The molecule has 0 aliphatic rings.